The summed E-state index contributed by atoms with van der Waals surface area (Å²) in [6.45, 7) is 1.61. The largest absolute Gasteiger partial charge is 0.270 e. The molecule has 0 unspecified atom stereocenters. The van der Waals surface area contributed by atoms with Crippen molar-refractivity contribution in [2.24, 2.45) is 5.92 Å². The van der Waals surface area contributed by atoms with E-state index in [-0.39, 0.29) is 25.2 Å². The minimum absolute atomic E-state index is 0.0610. The lowest BCUT2D eigenvalue weighted by Crippen LogP contribution is -2.39. The van der Waals surface area contributed by atoms with Gasteiger partial charge in [0.1, 0.15) is 0 Å². The summed E-state index contributed by atoms with van der Waals surface area (Å²) < 4.78 is 51.0. The van der Waals surface area contributed by atoms with E-state index in [1.54, 1.807) is 6.92 Å². The monoisotopic (exact) mass is 214 g/mol. The number of rotatable bonds is 4. The molecule has 0 heterocycles. The van der Waals surface area contributed by atoms with E-state index in [1.165, 1.54) is 0 Å². The van der Waals surface area contributed by atoms with E-state index in [0.29, 0.717) is 0 Å². The quantitative estimate of drug-likeness (QED) is 0.664. The number of hydrogen-bond acceptors (Lipinski definition) is 3. The van der Waals surface area contributed by atoms with Crippen LogP contribution in [0.3, 0.4) is 0 Å². The molecule has 1 saturated carbocycles. The first-order valence-electron chi connectivity index (χ1n) is 4.09. The molecule has 1 fully saturated rings. The summed E-state index contributed by atoms with van der Waals surface area (Å²) in [5, 5.41) is 0. The molecule has 1 aliphatic rings. The molecule has 0 aromatic carbocycles. The molecule has 0 N–H and O–H groups in total. The Kier molecular flexibility index (Phi) is 2.91. The van der Waals surface area contributed by atoms with Gasteiger partial charge in [0, 0.05) is 12.8 Å². The molecular weight excluding hydrogens is 202 g/mol. The van der Waals surface area contributed by atoms with Crippen LogP contribution in [0.4, 0.5) is 8.78 Å². The first-order chi connectivity index (χ1) is 5.85. The van der Waals surface area contributed by atoms with Crippen LogP contribution in [0.1, 0.15) is 19.8 Å². The molecule has 13 heavy (non-hydrogen) atoms. The Bertz CT molecular complexity index is 265. The first kappa shape index (κ1) is 10.8. The molecule has 1 aliphatic carbocycles. The highest BCUT2D eigenvalue weighted by atomic mass is 32.2. The molecule has 0 bridgehead atoms. The zero-order valence-electron chi connectivity index (χ0n) is 7.29. The standard InChI is InChI=1S/C7H12F2O3S/c1-2-12-13(10,11)5-6-3-7(8,9)4-6/h6H,2-5H2,1H3. The molecule has 0 radical (unpaired) electrons. The summed E-state index contributed by atoms with van der Waals surface area (Å²) in [6, 6.07) is 0. The van der Waals surface area contributed by atoms with E-state index < -0.39 is 22.0 Å². The second-order valence-corrected chi connectivity index (χ2v) is 4.95. The van der Waals surface area contributed by atoms with Crippen molar-refractivity contribution in [1.82, 2.24) is 0 Å². The van der Waals surface area contributed by atoms with Gasteiger partial charge in [-0.2, -0.15) is 8.42 Å². The fraction of sp³-hybridized carbons (Fsp3) is 1.00. The smallest absolute Gasteiger partial charge is 0.267 e. The average Bonchev–Trinajstić information content (AvgIpc) is 1.80. The minimum atomic E-state index is -3.58. The van der Waals surface area contributed by atoms with Gasteiger partial charge in [-0.1, -0.05) is 0 Å². The zero-order valence-corrected chi connectivity index (χ0v) is 8.11. The van der Waals surface area contributed by atoms with Crippen LogP contribution in [0.2, 0.25) is 0 Å². The fourth-order valence-corrected chi connectivity index (χ4v) is 2.69. The zero-order chi connectivity index (χ0) is 10.1. The van der Waals surface area contributed by atoms with Crippen LogP contribution in [0.5, 0.6) is 0 Å². The summed E-state index contributed by atoms with van der Waals surface area (Å²) in [5.41, 5.74) is 0. The SMILES string of the molecule is CCOS(=O)(=O)CC1CC(F)(F)C1. The van der Waals surface area contributed by atoms with Gasteiger partial charge in [-0.25, -0.2) is 8.78 Å². The van der Waals surface area contributed by atoms with Crippen molar-refractivity contribution in [3.63, 3.8) is 0 Å². The van der Waals surface area contributed by atoms with Gasteiger partial charge < -0.3 is 0 Å². The third-order valence-corrected chi connectivity index (χ3v) is 3.39. The van der Waals surface area contributed by atoms with Crippen molar-refractivity contribution in [3.05, 3.63) is 0 Å². The second-order valence-electron chi connectivity index (χ2n) is 3.26. The molecule has 78 valence electrons. The van der Waals surface area contributed by atoms with E-state index >= 15 is 0 Å². The number of alkyl halides is 2. The Morgan fingerprint density at radius 1 is 1.46 bits per heavy atom. The van der Waals surface area contributed by atoms with E-state index in [0.717, 1.165) is 0 Å². The van der Waals surface area contributed by atoms with E-state index in [9.17, 15) is 17.2 Å². The Labute approximate surface area is 76.2 Å². The topological polar surface area (TPSA) is 43.4 Å². The maximum Gasteiger partial charge on any atom is 0.267 e. The molecule has 6 heteroatoms. The predicted molar refractivity (Wildman–Crippen MR) is 43.1 cm³/mol. The molecule has 0 amide bonds. The minimum Gasteiger partial charge on any atom is -0.270 e. The van der Waals surface area contributed by atoms with E-state index in [4.69, 9.17) is 0 Å². The predicted octanol–water partition coefficient (Wildman–Crippen LogP) is 1.40. The summed E-state index contributed by atoms with van der Waals surface area (Å²) in [5.74, 6) is -3.38. The highest BCUT2D eigenvalue weighted by Crippen LogP contribution is 2.42. The maximum absolute atomic E-state index is 12.3. The first-order valence-corrected chi connectivity index (χ1v) is 5.67. The van der Waals surface area contributed by atoms with Crippen LogP contribution in [-0.2, 0) is 14.3 Å². The highest BCUT2D eigenvalue weighted by molar-refractivity contribution is 7.86. The number of halogens is 2. The van der Waals surface area contributed by atoms with Crippen LogP contribution in [0.15, 0.2) is 0 Å². The summed E-state index contributed by atoms with van der Waals surface area (Å²) >= 11 is 0. The molecule has 0 spiro atoms. The highest BCUT2D eigenvalue weighted by Gasteiger charge is 2.46. The lowest BCUT2D eigenvalue weighted by Gasteiger charge is -2.34. The van der Waals surface area contributed by atoms with E-state index in [1.807, 2.05) is 0 Å². The molecule has 1 rings (SSSR count). The van der Waals surface area contributed by atoms with E-state index in [2.05, 4.69) is 4.18 Å². The fourth-order valence-electron chi connectivity index (χ4n) is 1.42. The van der Waals surface area contributed by atoms with Crippen molar-refractivity contribution in [2.75, 3.05) is 12.4 Å². The second kappa shape index (κ2) is 3.49. The van der Waals surface area contributed by atoms with Crippen LogP contribution in [-0.4, -0.2) is 26.7 Å². The summed E-state index contributed by atoms with van der Waals surface area (Å²) in [4.78, 5) is 0. The van der Waals surface area contributed by atoms with Crippen molar-refractivity contribution < 1.29 is 21.4 Å². The van der Waals surface area contributed by atoms with Crippen molar-refractivity contribution in [3.8, 4) is 0 Å². The van der Waals surface area contributed by atoms with Gasteiger partial charge in [0.15, 0.2) is 0 Å². The Morgan fingerprint density at radius 2 is 2.00 bits per heavy atom. The maximum atomic E-state index is 12.3. The van der Waals surface area contributed by atoms with Gasteiger partial charge in [-0.3, -0.25) is 4.18 Å². The molecule has 3 nitrogen and oxygen atoms in total. The number of hydrogen-bond donors (Lipinski definition) is 0. The van der Waals surface area contributed by atoms with Gasteiger partial charge in [0.2, 0.25) is 5.92 Å². The van der Waals surface area contributed by atoms with Crippen molar-refractivity contribution >= 4 is 10.1 Å². The van der Waals surface area contributed by atoms with Gasteiger partial charge in [-0.05, 0) is 12.8 Å². The van der Waals surface area contributed by atoms with Crippen LogP contribution in [0, 0.1) is 5.92 Å². The van der Waals surface area contributed by atoms with Gasteiger partial charge >= 0.3 is 0 Å². The average molecular weight is 214 g/mol. The lowest BCUT2D eigenvalue weighted by molar-refractivity contribution is -0.104. The van der Waals surface area contributed by atoms with Gasteiger partial charge in [0.05, 0.1) is 12.4 Å². The van der Waals surface area contributed by atoms with Crippen LogP contribution in [0.25, 0.3) is 0 Å². The summed E-state index contributed by atoms with van der Waals surface area (Å²) in [7, 11) is -3.58. The molecule has 0 aromatic rings. The molecular formula is C7H12F2O3S. The lowest BCUT2D eigenvalue weighted by atomic mass is 9.83. The van der Waals surface area contributed by atoms with Crippen molar-refractivity contribution in [1.29, 1.82) is 0 Å². The van der Waals surface area contributed by atoms with Crippen LogP contribution < -0.4 is 0 Å². The Morgan fingerprint density at radius 3 is 2.38 bits per heavy atom. The summed E-state index contributed by atoms with van der Waals surface area (Å²) in [6.07, 6.45) is -0.668. The van der Waals surface area contributed by atoms with Gasteiger partial charge in [0.25, 0.3) is 10.1 Å². The molecule has 0 atom stereocenters. The third-order valence-electron chi connectivity index (χ3n) is 1.91. The van der Waals surface area contributed by atoms with Crippen LogP contribution >= 0.6 is 0 Å². The van der Waals surface area contributed by atoms with Crippen molar-refractivity contribution in [2.45, 2.75) is 25.7 Å². The third kappa shape index (κ3) is 3.19. The normalized spacial score (nSPS) is 22.7. The Hall–Kier alpha value is -0.230. The molecule has 0 aromatic heterocycles. The van der Waals surface area contributed by atoms with Gasteiger partial charge in [-0.15, -0.1) is 0 Å². The molecule has 0 aliphatic heterocycles. The molecule has 0 saturated heterocycles. The Balaban J connectivity index is 2.36.